The third-order valence-corrected chi connectivity index (χ3v) is 5.53. The Labute approximate surface area is 175 Å². The summed E-state index contributed by atoms with van der Waals surface area (Å²) in [6.45, 7) is 1.87. The van der Waals surface area contributed by atoms with E-state index < -0.39 is 0 Å². The van der Waals surface area contributed by atoms with Crippen LogP contribution in [0.3, 0.4) is 0 Å². The van der Waals surface area contributed by atoms with Gasteiger partial charge >= 0.3 is 0 Å². The summed E-state index contributed by atoms with van der Waals surface area (Å²) in [7, 11) is 0. The van der Waals surface area contributed by atoms with Gasteiger partial charge in [0.15, 0.2) is 0 Å². The maximum absolute atomic E-state index is 13.1. The van der Waals surface area contributed by atoms with Crippen LogP contribution in [0.1, 0.15) is 30.5 Å². The molecule has 1 aliphatic rings. The fourth-order valence-corrected chi connectivity index (χ4v) is 3.87. The van der Waals surface area contributed by atoms with Crippen molar-refractivity contribution in [2.45, 2.75) is 44.8 Å². The van der Waals surface area contributed by atoms with Crippen molar-refractivity contribution in [3.05, 3.63) is 76.2 Å². The Kier molecular flexibility index (Phi) is 6.54. The summed E-state index contributed by atoms with van der Waals surface area (Å²) >= 11 is 0. The van der Waals surface area contributed by atoms with Crippen LogP contribution in [0.5, 0.6) is 0 Å². The molecule has 1 amide bonds. The summed E-state index contributed by atoms with van der Waals surface area (Å²) in [5, 5.41) is 2.91. The molecule has 0 bridgehead atoms. The Morgan fingerprint density at radius 1 is 1.10 bits per heavy atom. The second-order valence-electron chi connectivity index (χ2n) is 7.68. The van der Waals surface area contributed by atoms with Crippen LogP contribution in [0, 0.1) is 0 Å². The van der Waals surface area contributed by atoms with Gasteiger partial charge in [-0.3, -0.25) is 9.59 Å². The quantitative estimate of drug-likeness (QED) is 0.625. The number of hydrogen-bond acceptors (Lipinski definition) is 4. The van der Waals surface area contributed by atoms with Crippen molar-refractivity contribution in [1.82, 2.24) is 14.9 Å². The number of benzene rings is 2. The van der Waals surface area contributed by atoms with Crippen LogP contribution >= 0.6 is 0 Å². The highest BCUT2D eigenvalue weighted by Gasteiger charge is 2.17. The Morgan fingerprint density at radius 2 is 1.90 bits per heavy atom. The molecular formula is C24H27N3O3. The van der Waals surface area contributed by atoms with Gasteiger partial charge in [0.1, 0.15) is 5.69 Å². The Balaban J connectivity index is 1.48. The minimum absolute atomic E-state index is 0.0734. The second kappa shape index (κ2) is 9.67. The van der Waals surface area contributed by atoms with Crippen LogP contribution in [0.15, 0.2) is 59.4 Å². The normalized spacial score (nSPS) is 16.1. The zero-order valence-corrected chi connectivity index (χ0v) is 17.0. The highest BCUT2D eigenvalue weighted by molar-refractivity contribution is 5.77. The van der Waals surface area contributed by atoms with Crippen molar-refractivity contribution in [3.8, 4) is 0 Å². The van der Waals surface area contributed by atoms with Gasteiger partial charge in [-0.2, -0.15) is 0 Å². The number of carbonyl (C=O) groups is 1. The summed E-state index contributed by atoms with van der Waals surface area (Å²) in [6.07, 6.45) is 3.47. The average molecular weight is 405 g/mol. The van der Waals surface area contributed by atoms with Crippen molar-refractivity contribution in [1.29, 1.82) is 0 Å². The Morgan fingerprint density at radius 3 is 2.70 bits per heavy atom. The van der Waals surface area contributed by atoms with Crippen molar-refractivity contribution in [3.63, 3.8) is 0 Å². The molecule has 6 nitrogen and oxygen atoms in total. The van der Waals surface area contributed by atoms with Crippen molar-refractivity contribution >= 4 is 16.9 Å². The molecule has 156 valence electrons. The van der Waals surface area contributed by atoms with Gasteiger partial charge in [-0.1, -0.05) is 42.5 Å². The van der Waals surface area contributed by atoms with E-state index in [0.717, 1.165) is 36.9 Å². The van der Waals surface area contributed by atoms with Crippen LogP contribution in [0.25, 0.3) is 11.0 Å². The van der Waals surface area contributed by atoms with Crippen molar-refractivity contribution in [2.75, 3.05) is 13.2 Å². The molecule has 2 aromatic carbocycles. The molecule has 2 heterocycles. The lowest BCUT2D eigenvalue weighted by Gasteiger charge is -2.13. The first kappa shape index (κ1) is 20.3. The molecule has 30 heavy (non-hydrogen) atoms. The molecule has 1 aromatic heterocycles. The van der Waals surface area contributed by atoms with E-state index in [9.17, 15) is 9.59 Å². The van der Waals surface area contributed by atoms with Gasteiger partial charge in [-0.15, -0.1) is 0 Å². The SMILES string of the molecule is O=C(CCc1nc2ccccc2n(CCc2ccccc2)c1=O)NC[C@H]1CCCO1. The predicted octanol–water partition coefficient (Wildman–Crippen LogP) is 2.87. The maximum atomic E-state index is 13.1. The number of carbonyl (C=O) groups excluding carboxylic acids is 1. The smallest absolute Gasteiger partial charge is 0.272 e. The number of nitrogens with one attached hydrogen (secondary N) is 1. The van der Waals surface area contributed by atoms with Gasteiger partial charge in [-0.05, 0) is 37.0 Å². The number of aryl methyl sites for hydroxylation is 3. The molecule has 1 N–H and O–H groups in total. The lowest BCUT2D eigenvalue weighted by molar-refractivity contribution is -0.121. The highest BCUT2D eigenvalue weighted by Crippen LogP contribution is 2.13. The Bertz CT molecular complexity index is 1060. The molecule has 1 aliphatic heterocycles. The van der Waals surface area contributed by atoms with E-state index in [0.29, 0.717) is 25.2 Å². The van der Waals surface area contributed by atoms with E-state index in [-0.39, 0.29) is 24.0 Å². The van der Waals surface area contributed by atoms with Gasteiger partial charge in [0, 0.05) is 32.5 Å². The molecule has 0 unspecified atom stereocenters. The molecule has 0 spiro atoms. The number of para-hydroxylation sites is 2. The third-order valence-electron chi connectivity index (χ3n) is 5.53. The van der Waals surface area contributed by atoms with Gasteiger partial charge in [0.05, 0.1) is 17.1 Å². The third kappa shape index (κ3) is 4.94. The standard InChI is InChI=1S/C24H27N3O3/c28-23(25-17-19-9-6-16-30-19)13-12-21-24(29)27(15-14-18-7-2-1-3-8-18)22-11-5-4-10-20(22)26-21/h1-5,7-8,10-11,19H,6,9,12-17H2,(H,25,28)/t19-/m1/s1. The topological polar surface area (TPSA) is 73.2 Å². The Hall–Kier alpha value is -2.99. The second-order valence-corrected chi connectivity index (χ2v) is 7.68. The van der Waals surface area contributed by atoms with Crippen LogP contribution in [0.2, 0.25) is 0 Å². The van der Waals surface area contributed by atoms with Crippen LogP contribution in [-0.4, -0.2) is 34.7 Å². The van der Waals surface area contributed by atoms with Crippen molar-refractivity contribution < 1.29 is 9.53 Å². The first-order valence-electron chi connectivity index (χ1n) is 10.6. The summed E-state index contributed by atoms with van der Waals surface area (Å²) in [4.78, 5) is 29.9. The lowest BCUT2D eigenvalue weighted by Crippen LogP contribution is -2.33. The molecule has 3 aromatic rings. The molecule has 0 aliphatic carbocycles. The number of nitrogens with zero attached hydrogens (tertiary/aromatic N) is 2. The number of aromatic nitrogens is 2. The molecular weight excluding hydrogens is 378 g/mol. The molecule has 1 fully saturated rings. The van der Waals surface area contributed by atoms with E-state index in [2.05, 4.69) is 22.4 Å². The first-order valence-corrected chi connectivity index (χ1v) is 10.6. The fraction of sp³-hybridized carbons (Fsp3) is 0.375. The van der Waals surface area contributed by atoms with E-state index in [1.54, 1.807) is 4.57 Å². The number of fused-ring (bicyclic) bond motifs is 1. The zero-order chi connectivity index (χ0) is 20.8. The molecule has 0 radical (unpaired) electrons. The average Bonchev–Trinajstić information content (AvgIpc) is 3.30. The minimum Gasteiger partial charge on any atom is -0.376 e. The predicted molar refractivity (Wildman–Crippen MR) is 116 cm³/mol. The van der Waals surface area contributed by atoms with Gasteiger partial charge in [0.25, 0.3) is 5.56 Å². The van der Waals surface area contributed by atoms with Crippen LogP contribution < -0.4 is 10.9 Å². The maximum Gasteiger partial charge on any atom is 0.272 e. The van der Waals surface area contributed by atoms with E-state index >= 15 is 0 Å². The van der Waals surface area contributed by atoms with Gasteiger partial charge < -0.3 is 14.6 Å². The summed E-state index contributed by atoms with van der Waals surface area (Å²) in [5.74, 6) is -0.0734. The monoisotopic (exact) mass is 405 g/mol. The summed E-state index contributed by atoms with van der Waals surface area (Å²) in [5.41, 5.74) is 3.11. The lowest BCUT2D eigenvalue weighted by atomic mass is 10.1. The fourth-order valence-electron chi connectivity index (χ4n) is 3.87. The first-order chi connectivity index (χ1) is 14.7. The number of hydrogen-bond donors (Lipinski definition) is 1. The number of rotatable bonds is 8. The highest BCUT2D eigenvalue weighted by atomic mass is 16.5. The number of ether oxygens (including phenoxy) is 1. The van der Waals surface area contributed by atoms with Crippen molar-refractivity contribution in [2.24, 2.45) is 0 Å². The van der Waals surface area contributed by atoms with E-state index in [1.165, 1.54) is 5.56 Å². The molecule has 4 rings (SSSR count). The summed E-state index contributed by atoms with van der Waals surface area (Å²) < 4.78 is 7.32. The van der Waals surface area contributed by atoms with Gasteiger partial charge in [-0.25, -0.2) is 4.98 Å². The van der Waals surface area contributed by atoms with Crippen LogP contribution in [0.4, 0.5) is 0 Å². The molecule has 0 saturated carbocycles. The van der Waals surface area contributed by atoms with E-state index in [4.69, 9.17) is 4.74 Å². The molecule has 1 saturated heterocycles. The summed E-state index contributed by atoms with van der Waals surface area (Å²) in [6, 6.07) is 17.8. The zero-order valence-electron chi connectivity index (χ0n) is 17.0. The van der Waals surface area contributed by atoms with E-state index in [1.807, 2.05) is 42.5 Å². The molecule has 6 heteroatoms. The van der Waals surface area contributed by atoms with Crippen LogP contribution in [-0.2, 0) is 28.9 Å². The van der Waals surface area contributed by atoms with Gasteiger partial charge in [0.2, 0.25) is 5.91 Å². The molecule has 1 atom stereocenters. The number of amides is 1. The largest absolute Gasteiger partial charge is 0.376 e. The minimum atomic E-state index is -0.114.